The molecule has 1 radical (unpaired) electrons. The topological polar surface area (TPSA) is 37.3 Å². The van der Waals surface area contributed by atoms with Gasteiger partial charge in [-0.25, -0.2) is 0 Å². The maximum atomic E-state index is 10.8. The molecular formula is C16H12O2Pr. The van der Waals surface area contributed by atoms with Crippen molar-refractivity contribution in [1.29, 1.82) is 0 Å². The van der Waals surface area contributed by atoms with E-state index in [0.717, 1.165) is 17.4 Å². The Morgan fingerprint density at radius 3 is 2.53 bits per heavy atom. The molecule has 91 valence electrons. The molecule has 2 aromatic rings. The summed E-state index contributed by atoms with van der Waals surface area (Å²) < 4.78 is 0. The van der Waals surface area contributed by atoms with Crippen molar-refractivity contribution in [1.82, 2.24) is 0 Å². The summed E-state index contributed by atoms with van der Waals surface area (Å²) in [6.07, 6.45) is 0.788. The molecule has 2 nitrogen and oxygen atoms in total. The number of aryl methyl sites for hydroxylation is 1. The second-order valence-electron chi connectivity index (χ2n) is 3.96. The number of benzene rings is 2. The average molecular weight is 377 g/mol. The van der Waals surface area contributed by atoms with Crippen LogP contribution < -0.4 is 0 Å². The largest absolute Gasteiger partial charge is 0.508 e. The number of carbonyl (C=O) groups is 1. The molecule has 0 fully saturated rings. The minimum Gasteiger partial charge on any atom is -0.508 e. The number of rotatable bonds is 1. The number of hydrogen-bond acceptors (Lipinski definition) is 2. The van der Waals surface area contributed by atoms with E-state index < -0.39 is 0 Å². The summed E-state index contributed by atoms with van der Waals surface area (Å²) in [6.45, 7) is 1.83. The van der Waals surface area contributed by atoms with E-state index in [1.807, 2.05) is 25.1 Å². The van der Waals surface area contributed by atoms with Gasteiger partial charge in [-0.15, -0.1) is 0 Å². The van der Waals surface area contributed by atoms with Gasteiger partial charge in [0.1, 0.15) is 5.75 Å². The quantitative estimate of drug-likeness (QED) is 0.613. The van der Waals surface area contributed by atoms with Crippen LogP contribution in [-0.2, 0) is 0 Å². The van der Waals surface area contributed by atoms with Crippen molar-refractivity contribution in [3.05, 3.63) is 64.7 Å². The first-order chi connectivity index (χ1) is 8.70. The van der Waals surface area contributed by atoms with Gasteiger partial charge in [-0.3, -0.25) is 4.79 Å². The molecule has 0 saturated carbocycles. The Hall–Kier alpha value is -1.17. The van der Waals surface area contributed by atoms with Crippen molar-refractivity contribution in [2.45, 2.75) is 6.92 Å². The normalized spacial score (nSPS) is 8.89. The summed E-state index contributed by atoms with van der Waals surface area (Å²) in [5.41, 5.74) is 2.79. The van der Waals surface area contributed by atoms with Gasteiger partial charge in [0.05, 0.1) is 0 Å². The molecule has 0 aliphatic heterocycles. The van der Waals surface area contributed by atoms with Crippen molar-refractivity contribution in [2.24, 2.45) is 0 Å². The number of hydrogen-bond donors (Lipinski definition) is 1. The van der Waals surface area contributed by atoms with E-state index in [4.69, 9.17) is 0 Å². The Balaban J connectivity index is 0.00000180. The molecule has 0 heterocycles. The Kier molecular flexibility index (Phi) is 6.21. The minimum absolute atomic E-state index is 0. The molecule has 0 saturated heterocycles. The van der Waals surface area contributed by atoms with E-state index in [1.165, 1.54) is 0 Å². The van der Waals surface area contributed by atoms with E-state index in [1.54, 1.807) is 24.3 Å². The van der Waals surface area contributed by atoms with E-state index in [-0.39, 0.29) is 47.0 Å². The van der Waals surface area contributed by atoms with E-state index >= 15 is 0 Å². The molecule has 0 aromatic heterocycles. The summed E-state index contributed by atoms with van der Waals surface area (Å²) in [5, 5.41) is 9.57. The van der Waals surface area contributed by atoms with Crippen molar-refractivity contribution in [3.8, 4) is 17.6 Å². The molecule has 0 aliphatic rings. The van der Waals surface area contributed by atoms with Gasteiger partial charge < -0.3 is 5.11 Å². The standard InChI is InChI=1S/C16H12O2.Pr/c1-12-6-7-13(10-16(12)18)8-9-14-4-2-3-5-15(14)11-17;/h2-7,10-11,18H,1H3;. The Bertz CT molecular complexity index is 651. The Morgan fingerprint density at radius 1 is 1.11 bits per heavy atom. The zero-order valence-electron chi connectivity index (χ0n) is 10.6. The molecule has 2 rings (SSSR count). The summed E-state index contributed by atoms with van der Waals surface area (Å²) >= 11 is 0. The van der Waals surface area contributed by atoms with Crippen LogP contribution in [0.3, 0.4) is 0 Å². The third-order valence-electron chi connectivity index (χ3n) is 2.64. The zero-order valence-corrected chi connectivity index (χ0v) is 14.3. The van der Waals surface area contributed by atoms with Crippen molar-refractivity contribution in [2.75, 3.05) is 0 Å². The molecule has 0 bridgehead atoms. The fraction of sp³-hybridized carbons (Fsp3) is 0.0625. The first kappa shape index (κ1) is 15.9. The van der Waals surface area contributed by atoms with Gasteiger partial charge in [0.15, 0.2) is 6.29 Å². The maximum Gasteiger partial charge on any atom is 0.151 e. The van der Waals surface area contributed by atoms with Gasteiger partial charge in [0.2, 0.25) is 0 Å². The number of carbonyl (C=O) groups excluding carboxylic acids is 1. The number of phenols is 1. The molecule has 0 aliphatic carbocycles. The van der Waals surface area contributed by atoms with Gasteiger partial charge in [-0.1, -0.05) is 36.1 Å². The van der Waals surface area contributed by atoms with Crippen LogP contribution in [0, 0.1) is 60.1 Å². The van der Waals surface area contributed by atoms with Crippen molar-refractivity contribution in [3.63, 3.8) is 0 Å². The summed E-state index contributed by atoms with van der Waals surface area (Å²) in [4.78, 5) is 10.8. The monoisotopic (exact) mass is 377 g/mol. The van der Waals surface area contributed by atoms with Gasteiger partial charge in [0, 0.05) is 58.0 Å². The molecule has 0 amide bonds. The van der Waals surface area contributed by atoms with Gasteiger partial charge >= 0.3 is 0 Å². The van der Waals surface area contributed by atoms with E-state index in [2.05, 4.69) is 11.8 Å². The van der Waals surface area contributed by atoms with Crippen LogP contribution in [0.2, 0.25) is 0 Å². The van der Waals surface area contributed by atoms with Crippen molar-refractivity contribution >= 4 is 6.29 Å². The van der Waals surface area contributed by atoms with Crippen LogP contribution in [0.1, 0.15) is 27.0 Å². The number of aldehydes is 1. The molecule has 1 N–H and O–H groups in total. The second kappa shape index (κ2) is 7.43. The van der Waals surface area contributed by atoms with Crippen LogP contribution in [0.4, 0.5) is 0 Å². The van der Waals surface area contributed by atoms with Crippen molar-refractivity contribution < 1.29 is 51.2 Å². The summed E-state index contributed by atoms with van der Waals surface area (Å²) in [7, 11) is 0. The van der Waals surface area contributed by atoms with Crippen LogP contribution in [0.5, 0.6) is 5.75 Å². The van der Waals surface area contributed by atoms with Crippen LogP contribution in [0.25, 0.3) is 0 Å². The molecule has 19 heavy (non-hydrogen) atoms. The van der Waals surface area contributed by atoms with Gasteiger partial charge in [-0.2, -0.15) is 0 Å². The Labute approximate surface area is 145 Å². The molecule has 2 aromatic carbocycles. The predicted octanol–water partition coefficient (Wildman–Crippen LogP) is 2.91. The third kappa shape index (κ3) is 4.16. The molecular weight excluding hydrogens is 365 g/mol. The first-order valence-corrected chi connectivity index (χ1v) is 5.56. The minimum atomic E-state index is 0. The van der Waals surface area contributed by atoms with Crippen LogP contribution in [-0.4, -0.2) is 11.4 Å². The number of phenolic OH excluding ortho intramolecular Hbond substituents is 1. The first-order valence-electron chi connectivity index (χ1n) is 5.56. The molecule has 0 unspecified atom stereocenters. The van der Waals surface area contributed by atoms with Gasteiger partial charge in [0.25, 0.3) is 0 Å². The predicted molar refractivity (Wildman–Crippen MR) is 70.7 cm³/mol. The Morgan fingerprint density at radius 2 is 1.84 bits per heavy atom. The van der Waals surface area contributed by atoms with Crippen LogP contribution in [0.15, 0.2) is 42.5 Å². The summed E-state index contributed by atoms with van der Waals surface area (Å²) in [5.74, 6) is 6.10. The number of aromatic hydroxyl groups is 1. The fourth-order valence-electron chi connectivity index (χ4n) is 1.54. The smallest absolute Gasteiger partial charge is 0.151 e. The maximum absolute atomic E-state index is 10.8. The zero-order chi connectivity index (χ0) is 13.0. The molecule has 0 atom stereocenters. The van der Waals surface area contributed by atoms with E-state index in [9.17, 15) is 9.90 Å². The second-order valence-corrected chi connectivity index (χ2v) is 3.96. The fourth-order valence-corrected chi connectivity index (χ4v) is 1.54. The SMILES string of the molecule is Cc1ccc(C#Cc2ccccc2C=O)cc1O.[Pr]. The summed E-state index contributed by atoms with van der Waals surface area (Å²) in [6, 6.07) is 12.4. The molecule has 3 heteroatoms. The molecule has 0 spiro atoms. The van der Waals surface area contributed by atoms with Crippen LogP contribution >= 0.6 is 0 Å². The van der Waals surface area contributed by atoms with E-state index in [0.29, 0.717) is 11.1 Å². The van der Waals surface area contributed by atoms with Gasteiger partial charge in [-0.05, 0) is 30.7 Å². The average Bonchev–Trinajstić information content (AvgIpc) is 2.40. The third-order valence-corrected chi connectivity index (χ3v) is 2.64.